The van der Waals surface area contributed by atoms with Gasteiger partial charge in [0.05, 0.1) is 13.2 Å². The zero-order valence-corrected chi connectivity index (χ0v) is 12.8. The summed E-state index contributed by atoms with van der Waals surface area (Å²) in [5.41, 5.74) is 1.37. The van der Waals surface area contributed by atoms with Crippen molar-refractivity contribution in [1.29, 1.82) is 0 Å². The Balaban J connectivity index is 0.00000161. The van der Waals surface area contributed by atoms with E-state index in [9.17, 15) is 4.39 Å². The fourth-order valence-electron chi connectivity index (χ4n) is 2.22. The number of halogens is 3. The molecule has 0 aliphatic carbocycles. The molecule has 2 aromatic carbocycles. The van der Waals surface area contributed by atoms with Gasteiger partial charge in [-0.1, -0.05) is 27.7 Å². The van der Waals surface area contributed by atoms with Gasteiger partial charge in [0.1, 0.15) is 5.82 Å². The van der Waals surface area contributed by atoms with Gasteiger partial charge in [0, 0.05) is 5.56 Å². The quantitative estimate of drug-likeness (QED) is 0.611. The minimum atomic E-state index is -1.08. The zero-order chi connectivity index (χ0) is 14.2. The number of hydrogen-bond acceptors (Lipinski definition) is 2. The average molecular weight is 319 g/mol. The molecule has 6 heteroatoms. The molecule has 104 valence electrons. The summed E-state index contributed by atoms with van der Waals surface area (Å²) in [5, 5.41) is 0.701. The Morgan fingerprint density at radius 2 is 1.67 bits per heavy atom. The van der Waals surface area contributed by atoms with Gasteiger partial charge in [-0.25, -0.2) is 4.39 Å². The Labute approximate surface area is 144 Å². The van der Waals surface area contributed by atoms with E-state index in [-0.39, 0.29) is 24.7 Å². The van der Waals surface area contributed by atoms with Gasteiger partial charge in [0.25, 0.3) is 0 Å². The second-order valence-electron chi connectivity index (χ2n) is 4.37. The Morgan fingerprint density at radius 3 is 2.24 bits per heavy atom. The van der Waals surface area contributed by atoms with Gasteiger partial charge in [0.15, 0.2) is 5.79 Å². The van der Waals surface area contributed by atoms with Crippen LogP contribution in [0.15, 0.2) is 36.4 Å². The molecular formula is C15H10Cl2FLiO2. The molecule has 3 rings (SSSR count). The van der Waals surface area contributed by atoms with Gasteiger partial charge in [0.2, 0.25) is 0 Å². The molecule has 1 aliphatic rings. The second kappa shape index (κ2) is 6.70. The Bertz CT molecular complexity index is 628. The van der Waals surface area contributed by atoms with Crippen molar-refractivity contribution in [3.63, 3.8) is 0 Å². The maximum atomic E-state index is 13.1. The number of rotatable bonds is 2. The molecule has 0 N–H and O–H groups in total. The maximum absolute atomic E-state index is 13.1. The zero-order valence-electron chi connectivity index (χ0n) is 11.3. The SMILES string of the molecule is Fc1ccc(C2(c3c[c-]c(Cl)c(Cl)c3)OCCO2)cc1.[Li+]. The van der Waals surface area contributed by atoms with Crippen LogP contribution in [0.3, 0.4) is 0 Å². The van der Waals surface area contributed by atoms with Crippen LogP contribution in [0.1, 0.15) is 11.1 Å². The molecule has 2 nitrogen and oxygen atoms in total. The van der Waals surface area contributed by atoms with E-state index in [0.717, 1.165) is 0 Å². The molecule has 0 unspecified atom stereocenters. The van der Waals surface area contributed by atoms with Crippen molar-refractivity contribution in [2.75, 3.05) is 13.2 Å². The summed E-state index contributed by atoms with van der Waals surface area (Å²) in [6.45, 7) is 0.884. The fraction of sp³-hybridized carbons (Fsp3) is 0.200. The first-order valence-corrected chi connectivity index (χ1v) is 6.78. The molecule has 0 saturated carbocycles. The normalized spacial score (nSPS) is 16.5. The molecule has 2 aromatic rings. The van der Waals surface area contributed by atoms with Crippen molar-refractivity contribution in [3.05, 3.63) is 69.5 Å². The van der Waals surface area contributed by atoms with Crippen LogP contribution in [0.4, 0.5) is 4.39 Å². The summed E-state index contributed by atoms with van der Waals surface area (Å²) in [4.78, 5) is 0. The van der Waals surface area contributed by atoms with Gasteiger partial charge in [-0.3, -0.25) is 0 Å². The van der Waals surface area contributed by atoms with Crippen molar-refractivity contribution in [2.24, 2.45) is 0 Å². The van der Waals surface area contributed by atoms with Crippen LogP contribution in [0.2, 0.25) is 10.0 Å². The molecule has 0 amide bonds. The largest absolute Gasteiger partial charge is 1.00 e. The van der Waals surface area contributed by atoms with Crippen LogP contribution < -0.4 is 18.9 Å². The van der Waals surface area contributed by atoms with Crippen molar-refractivity contribution >= 4 is 23.2 Å². The minimum Gasteiger partial charge on any atom is -0.350 e. The standard InChI is InChI=1S/C15H10Cl2FO2.Li/c16-13-6-3-11(9-14(13)17)15(19-7-8-20-15)10-1-4-12(18)5-2-10;/h1-5,9H,7-8H2;/q-1;+1. The molecule has 1 saturated heterocycles. The molecule has 0 bridgehead atoms. The molecule has 1 heterocycles. The third-order valence-electron chi connectivity index (χ3n) is 3.14. The summed E-state index contributed by atoms with van der Waals surface area (Å²) < 4.78 is 24.7. The van der Waals surface area contributed by atoms with Crippen LogP contribution in [0, 0.1) is 11.9 Å². The van der Waals surface area contributed by atoms with Crippen molar-refractivity contribution in [1.82, 2.24) is 0 Å². The van der Waals surface area contributed by atoms with E-state index in [2.05, 4.69) is 6.07 Å². The van der Waals surface area contributed by atoms with E-state index < -0.39 is 5.79 Å². The molecule has 1 fully saturated rings. The second-order valence-corrected chi connectivity index (χ2v) is 5.16. The van der Waals surface area contributed by atoms with Gasteiger partial charge in [-0.2, -0.15) is 23.7 Å². The summed E-state index contributed by atoms with van der Waals surface area (Å²) in [5.74, 6) is -1.40. The van der Waals surface area contributed by atoms with Gasteiger partial charge in [-0.05, 0) is 12.1 Å². The van der Waals surface area contributed by atoms with Crippen LogP contribution in [0.25, 0.3) is 0 Å². The maximum Gasteiger partial charge on any atom is 1.00 e. The van der Waals surface area contributed by atoms with Gasteiger partial charge < -0.3 is 9.47 Å². The van der Waals surface area contributed by atoms with E-state index in [0.29, 0.717) is 34.4 Å². The Hall–Kier alpha value is -0.533. The molecule has 0 aromatic heterocycles. The molecule has 21 heavy (non-hydrogen) atoms. The molecular weight excluding hydrogens is 309 g/mol. The van der Waals surface area contributed by atoms with E-state index in [1.807, 2.05) is 0 Å². The molecule has 0 radical (unpaired) electrons. The van der Waals surface area contributed by atoms with Crippen LogP contribution >= 0.6 is 23.2 Å². The minimum absolute atomic E-state index is 0. The number of ether oxygens (including phenoxy) is 2. The first kappa shape index (κ1) is 16.8. The van der Waals surface area contributed by atoms with Crippen molar-refractivity contribution < 1.29 is 32.7 Å². The van der Waals surface area contributed by atoms with Gasteiger partial charge in [-0.15, -0.1) is 17.7 Å². The summed E-state index contributed by atoms with van der Waals surface area (Å²) in [6.07, 6.45) is 0. The summed E-state index contributed by atoms with van der Waals surface area (Å²) in [7, 11) is 0. The van der Waals surface area contributed by atoms with E-state index in [1.165, 1.54) is 12.1 Å². The summed E-state index contributed by atoms with van der Waals surface area (Å²) >= 11 is 11.9. The molecule has 1 aliphatic heterocycles. The van der Waals surface area contributed by atoms with Crippen molar-refractivity contribution in [2.45, 2.75) is 5.79 Å². The Kier molecular flexibility index (Phi) is 5.37. The van der Waals surface area contributed by atoms with E-state index in [4.69, 9.17) is 32.7 Å². The average Bonchev–Trinajstić information content (AvgIpc) is 2.93. The predicted molar refractivity (Wildman–Crippen MR) is 74.4 cm³/mol. The Morgan fingerprint density at radius 1 is 1.05 bits per heavy atom. The van der Waals surface area contributed by atoms with Gasteiger partial charge >= 0.3 is 18.9 Å². The van der Waals surface area contributed by atoms with E-state index in [1.54, 1.807) is 24.3 Å². The predicted octanol–water partition coefficient (Wildman–Crippen LogP) is 1.18. The fourth-order valence-corrected chi connectivity index (χ4v) is 2.50. The topological polar surface area (TPSA) is 18.5 Å². The molecule has 0 atom stereocenters. The third-order valence-corrected chi connectivity index (χ3v) is 3.85. The number of benzene rings is 2. The third kappa shape index (κ3) is 3.14. The van der Waals surface area contributed by atoms with E-state index >= 15 is 0 Å². The smallest absolute Gasteiger partial charge is 0.350 e. The van der Waals surface area contributed by atoms with Crippen LogP contribution in [-0.2, 0) is 15.3 Å². The molecule has 0 spiro atoms. The summed E-state index contributed by atoms with van der Waals surface area (Å²) in [6, 6.07) is 12.2. The monoisotopic (exact) mass is 318 g/mol. The number of hydrogen-bond donors (Lipinski definition) is 0. The van der Waals surface area contributed by atoms with Crippen LogP contribution in [-0.4, -0.2) is 13.2 Å². The van der Waals surface area contributed by atoms with Crippen molar-refractivity contribution in [3.8, 4) is 0 Å². The first-order valence-electron chi connectivity index (χ1n) is 6.03. The van der Waals surface area contributed by atoms with Crippen LogP contribution in [0.5, 0.6) is 0 Å². The first-order chi connectivity index (χ1) is 9.62.